The van der Waals surface area contributed by atoms with E-state index in [-0.39, 0.29) is 33.6 Å². The van der Waals surface area contributed by atoms with Crippen LogP contribution in [0.15, 0.2) is 47.4 Å². The molecule has 2 aromatic rings. The third-order valence-electron chi connectivity index (χ3n) is 4.03. The minimum absolute atomic E-state index is 0.0296. The van der Waals surface area contributed by atoms with Gasteiger partial charge in [0.1, 0.15) is 0 Å². The zero-order chi connectivity index (χ0) is 23.1. The third-order valence-corrected chi connectivity index (χ3v) is 5.42. The van der Waals surface area contributed by atoms with Crippen molar-refractivity contribution in [3.05, 3.63) is 63.2 Å². The standard InChI is InChI=1S/C20H20ClN3O6S/c1-12(19(26)22-16-10-13(24(28)29)8-9-15(16)21)30-20(27)14-6-4-5-7-17(14)31-11-18(25)23(2)3/h4-10,12H,11H2,1-3H3,(H,22,26). The summed E-state index contributed by atoms with van der Waals surface area (Å²) in [7, 11) is 3.27. The van der Waals surface area contributed by atoms with Crippen molar-refractivity contribution in [1.82, 2.24) is 4.90 Å². The Morgan fingerprint density at radius 1 is 1.23 bits per heavy atom. The molecule has 2 aromatic carbocycles. The normalized spacial score (nSPS) is 11.4. The molecule has 0 saturated carbocycles. The predicted octanol–water partition coefficient (Wildman–Crippen LogP) is 3.61. The first-order valence-electron chi connectivity index (χ1n) is 8.98. The molecular weight excluding hydrogens is 446 g/mol. The number of rotatable bonds is 8. The zero-order valence-electron chi connectivity index (χ0n) is 17.0. The minimum atomic E-state index is -1.20. The van der Waals surface area contributed by atoms with Gasteiger partial charge in [-0.05, 0) is 25.1 Å². The Labute approximate surface area is 187 Å². The van der Waals surface area contributed by atoms with E-state index >= 15 is 0 Å². The average Bonchev–Trinajstić information content (AvgIpc) is 2.73. The monoisotopic (exact) mass is 465 g/mol. The molecule has 0 radical (unpaired) electrons. The quantitative estimate of drug-likeness (QED) is 0.273. The van der Waals surface area contributed by atoms with Gasteiger partial charge >= 0.3 is 5.97 Å². The summed E-state index contributed by atoms with van der Waals surface area (Å²) in [4.78, 5) is 49.1. The van der Waals surface area contributed by atoms with Gasteiger partial charge in [0.15, 0.2) is 6.10 Å². The van der Waals surface area contributed by atoms with Crippen LogP contribution in [-0.4, -0.2) is 53.6 Å². The number of nitro groups is 1. The highest BCUT2D eigenvalue weighted by molar-refractivity contribution is 8.00. The maximum atomic E-state index is 12.6. The fourth-order valence-electron chi connectivity index (χ4n) is 2.26. The molecule has 11 heteroatoms. The van der Waals surface area contributed by atoms with Gasteiger partial charge in [-0.1, -0.05) is 23.7 Å². The number of ether oxygens (including phenoxy) is 1. The molecule has 2 amide bonds. The Bertz CT molecular complexity index is 1010. The summed E-state index contributed by atoms with van der Waals surface area (Å²) in [6, 6.07) is 10.2. The van der Waals surface area contributed by atoms with Crippen LogP contribution in [0.1, 0.15) is 17.3 Å². The number of benzene rings is 2. The fourth-order valence-corrected chi connectivity index (χ4v) is 3.45. The number of thioether (sulfide) groups is 1. The molecule has 2 rings (SSSR count). The molecule has 0 aliphatic heterocycles. The highest BCUT2D eigenvalue weighted by atomic mass is 35.5. The van der Waals surface area contributed by atoms with E-state index in [4.69, 9.17) is 16.3 Å². The molecule has 0 aromatic heterocycles. The predicted molar refractivity (Wildman–Crippen MR) is 117 cm³/mol. The van der Waals surface area contributed by atoms with E-state index in [1.165, 1.54) is 41.8 Å². The van der Waals surface area contributed by atoms with E-state index in [2.05, 4.69) is 5.32 Å². The van der Waals surface area contributed by atoms with Gasteiger partial charge in [0.2, 0.25) is 5.91 Å². The summed E-state index contributed by atoms with van der Waals surface area (Å²) in [5.41, 5.74) is -0.00317. The topological polar surface area (TPSA) is 119 Å². The summed E-state index contributed by atoms with van der Waals surface area (Å²) in [6.07, 6.45) is -1.20. The number of carbonyl (C=O) groups is 3. The molecule has 0 aliphatic rings. The summed E-state index contributed by atoms with van der Waals surface area (Å²) < 4.78 is 5.25. The van der Waals surface area contributed by atoms with Crippen LogP contribution in [0.25, 0.3) is 0 Å². The van der Waals surface area contributed by atoms with Gasteiger partial charge in [-0.15, -0.1) is 11.8 Å². The number of hydrogen-bond donors (Lipinski definition) is 1. The van der Waals surface area contributed by atoms with Crippen molar-refractivity contribution in [2.24, 2.45) is 0 Å². The molecule has 0 heterocycles. The molecule has 1 atom stereocenters. The van der Waals surface area contributed by atoms with Crippen LogP contribution in [0.5, 0.6) is 0 Å². The molecule has 9 nitrogen and oxygen atoms in total. The van der Waals surface area contributed by atoms with Crippen molar-refractivity contribution in [2.75, 3.05) is 25.2 Å². The van der Waals surface area contributed by atoms with Gasteiger partial charge in [-0.25, -0.2) is 4.79 Å². The van der Waals surface area contributed by atoms with Crippen LogP contribution in [0.2, 0.25) is 5.02 Å². The number of nitrogens with one attached hydrogen (secondary N) is 1. The molecule has 1 unspecified atom stereocenters. The maximum Gasteiger partial charge on any atom is 0.340 e. The molecule has 0 bridgehead atoms. The van der Waals surface area contributed by atoms with Crippen molar-refractivity contribution in [1.29, 1.82) is 0 Å². The summed E-state index contributed by atoms with van der Waals surface area (Å²) in [6.45, 7) is 1.36. The van der Waals surface area contributed by atoms with E-state index < -0.39 is 22.9 Å². The molecule has 0 spiro atoms. The Morgan fingerprint density at radius 2 is 1.90 bits per heavy atom. The highest BCUT2D eigenvalue weighted by Crippen LogP contribution is 2.27. The number of carbonyl (C=O) groups excluding carboxylic acids is 3. The summed E-state index contributed by atoms with van der Waals surface area (Å²) in [5, 5.41) is 13.4. The second kappa shape index (κ2) is 10.8. The van der Waals surface area contributed by atoms with Gasteiger partial charge in [-0.3, -0.25) is 19.7 Å². The van der Waals surface area contributed by atoms with Crippen LogP contribution in [0.3, 0.4) is 0 Å². The van der Waals surface area contributed by atoms with Gasteiger partial charge in [0, 0.05) is 31.1 Å². The van der Waals surface area contributed by atoms with E-state index in [9.17, 15) is 24.5 Å². The largest absolute Gasteiger partial charge is 0.449 e. The van der Waals surface area contributed by atoms with Crippen molar-refractivity contribution in [2.45, 2.75) is 17.9 Å². The minimum Gasteiger partial charge on any atom is -0.449 e. The van der Waals surface area contributed by atoms with Crippen LogP contribution in [-0.2, 0) is 14.3 Å². The van der Waals surface area contributed by atoms with E-state index in [0.29, 0.717) is 4.90 Å². The molecule has 0 fully saturated rings. The molecule has 0 saturated heterocycles. The lowest BCUT2D eigenvalue weighted by Gasteiger charge is -2.16. The Hall–Kier alpha value is -3.11. The van der Waals surface area contributed by atoms with Crippen molar-refractivity contribution in [3.8, 4) is 0 Å². The van der Waals surface area contributed by atoms with E-state index in [1.807, 2.05) is 0 Å². The number of non-ortho nitro benzene ring substituents is 1. The average molecular weight is 466 g/mol. The zero-order valence-corrected chi connectivity index (χ0v) is 18.5. The Morgan fingerprint density at radius 3 is 2.55 bits per heavy atom. The van der Waals surface area contributed by atoms with Crippen molar-refractivity contribution >= 4 is 52.5 Å². The Balaban J connectivity index is 2.07. The lowest BCUT2D eigenvalue weighted by Crippen LogP contribution is -2.30. The molecule has 0 aliphatic carbocycles. The number of hydrogen-bond acceptors (Lipinski definition) is 7. The number of anilines is 1. The van der Waals surface area contributed by atoms with Crippen LogP contribution in [0.4, 0.5) is 11.4 Å². The first-order valence-corrected chi connectivity index (χ1v) is 10.3. The lowest BCUT2D eigenvalue weighted by atomic mass is 10.2. The molecular formula is C20H20ClN3O6S. The second-order valence-electron chi connectivity index (χ2n) is 6.53. The summed E-state index contributed by atoms with van der Waals surface area (Å²) in [5.74, 6) is -1.43. The van der Waals surface area contributed by atoms with Crippen LogP contribution >= 0.6 is 23.4 Å². The van der Waals surface area contributed by atoms with Crippen molar-refractivity contribution < 1.29 is 24.0 Å². The number of nitrogens with zero attached hydrogens (tertiary/aromatic N) is 2. The summed E-state index contributed by atoms with van der Waals surface area (Å²) >= 11 is 7.16. The number of nitro benzene ring substituents is 1. The van der Waals surface area contributed by atoms with E-state index in [1.54, 1.807) is 32.3 Å². The van der Waals surface area contributed by atoms with Gasteiger partial charge < -0.3 is 15.0 Å². The van der Waals surface area contributed by atoms with Gasteiger partial charge in [0.25, 0.3) is 11.6 Å². The van der Waals surface area contributed by atoms with Gasteiger partial charge in [0.05, 0.1) is 26.9 Å². The number of esters is 1. The van der Waals surface area contributed by atoms with E-state index in [0.717, 1.165) is 6.07 Å². The molecule has 31 heavy (non-hydrogen) atoms. The molecule has 164 valence electrons. The lowest BCUT2D eigenvalue weighted by molar-refractivity contribution is -0.384. The van der Waals surface area contributed by atoms with Crippen LogP contribution in [0, 0.1) is 10.1 Å². The number of amides is 2. The fraction of sp³-hybridized carbons (Fsp3) is 0.250. The SMILES string of the molecule is CC(OC(=O)c1ccccc1SCC(=O)N(C)C)C(=O)Nc1cc([N+](=O)[O-])ccc1Cl. The van der Waals surface area contributed by atoms with Gasteiger partial charge in [-0.2, -0.15) is 0 Å². The van der Waals surface area contributed by atoms with Crippen LogP contribution < -0.4 is 5.32 Å². The third kappa shape index (κ3) is 6.69. The highest BCUT2D eigenvalue weighted by Gasteiger charge is 2.22. The molecule has 1 N–H and O–H groups in total. The Kier molecular flexibility index (Phi) is 8.40. The smallest absolute Gasteiger partial charge is 0.340 e. The number of halogens is 1. The van der Waals surface area contributed by atoms with Crippen molar-refractivity contribution in [3.63, 3.8) is 0 Å². The first kappa shape index (κ1) is 24.2. The first-order chi connectivity index (χ1) is 14.6. The maximum absolute atomic E-state index is 12.6. The second-order valence-corrected chi connectivity index (χ2v) is 7.96.